The molecule has 1 aliphatic heterocycles. The molecule has 0 unspecified atom stereocenters. The van der Waals surface area contributed by atoms with Crippen molar-refractivity contribution < 1.29 is 0 Å². The zero-order valence-electron chi connectivity index (χ0n) is 17.6. The van der Waals surface area contributed by atoms with Crippen molar-refractivity contribution in [3.63, 3.8) is 0 Å². The lowest BCUT2D eigenvalue weighted by atomic mass is 9.73. The van der Waals surface area contributed by atoms with Crippen LogP contribution in [0.15, 0.2) is 47.0 Å². The SMILES string of the molecule is Nc1nccc(Sc2cnc(N3CCC4(CC3)Cc3nccnc3[C@H]4N)n3cnnc23)c1Cl. The molecular formula is C21H21ClN10S. The smallest absolute Gasteiger partial charge is 0.212 e. The van der Waals surface area contributed by atoms with E-state index in [1.807, 2.05) is 16.7 Å². The molecule has 5 heterocycles. The first kappa shape index (κ1) is 20.6. The van der Waals surface area contributed by atoms with E-state index in [0.29, 0.717) is 10.8 Å². The maximum Gasteiger partial charge on any atom is 0.212 e. The van der Waals surface area contributed by atoms with Gasteiger partial charge in [0.2, 0.25) is 5.95 Å². The van der Waals surface area contributed by atoms with Crippen LogP contribution in [0.2, 0.25) is 5.02 Å². The van der Waals surface area contributed by atoms with Gasteiger partial charge >= 0.3 is 0 Å². The predicted molar refractivity (Wildman–Crippen MR) is 125 cm³/mol. The van der Waals surface area contributed by atoms with Crippen LogP contribution in [0, 0.1) is 5.41 Å². The monoisotopic (exact) mass is 480 g/mol. The van der Waals surface area contributed by atoms with Gasteiger partial charge < -0.3 is 16.4 Å². The van der Waals surface area contributed by atoms with Crippen LogP contribution in [-0.4, -0.2) is 47.6 Å². The van der Waals surface area contributed by atoms with E-state index in [1.54, 1.807) is 24.9 Å². The van der Waals surface area contributed by atoms with Gasteiger partial charge in [0, 0.05) is 48.2 Å². The number of halogens is 1. The minimum atomic E-state index is -0.0810. The summed E-state index contributed by atoms with van der Waals surface area (Å²) >= 11 is 7.77. The topological polar surface area (TPSA) is 137 Å². The normalized spacial score (nSPS) is 19.3. The number of nitrogen functional groups attached to an aromatic ring is 1. The minimum Gasteiger partial charge on any atom is -0.382 e. The number of anilines is 2. The van der Waals surface area contributed by atoms with Crippen LogP contribution in [0.4, 0.5) is 11.8 Å². The summed E-state index contributed by atoms with van der Waals surface area (Å²) in [7, 11) is 0. The highest BCUT2D eigenvalue weighted by Crippen LogP contribution is 2.49. The van der Waals surface area contributed by atoms with Crippen LogP contribution in [0.25, 0.3) is 5.65 Å². The summed E-state index contributed by atoms with van der Waals surface area (Å²) in [6, 6.07) is 1.74. The zero-order valence-corrected chi connectivity index (χ0v) is 19.2. The maximum absolute atomic E-state index is 6.64. The number of nitrogens with zero attached hydrogens (tertiary/aromatic N) is 8. The molecule has 168 valence electrons. The molecule has 1 saturated heterocycles. The Bertz CT molecular complexity index is 1350. The average molecular weight is 481 g/mol. The van der Waals surface area contributed by atoms with E-state index >= 15 is 0 Å². The van der Waals surface area contributed by atoms with E-state index < -0.39 is 0 Å². The molecule has 12 heteroatoms. The van der Waals surface area contributed by atoms with Crippen LogP contribution >= 0.6 is 23.4 Å². The number of fused-ring (bicyclic) bond motifs is 2. The van der Waals surface area contributed by atoms with Gasteiger partial charge in [-0.2, -0.15) is 0 Å². The van der Waals surface area contributed by atoms with E-state index in [2.05, 4.69) is 30.0 Å². The van der Waals surface area contributed by atoms with Crippen molar-refractivity contribution in [1.29, 1.82) is 0 Å². The van der Waals surface area contributed by atoms with Gasteiger partial charge in [0.05, 0.1) is 27.3 Å². The third kappa shape index (κ3) is 3.30. The lowest BCUT2D eigenvalue weighted by Crippen LogP contribution is -2.45. The van der Waals surface area contributed by atoms with E-state index in [0.717, 1.165) is 65.1 Å². The maximum atomic E-state index is 6.64. The largest absolute Gasteiger partial charge is 0.382 e. The molecule has 0 radical (unpaired) electrons. The number of nitrogens with two attached hydrogens (primary N) is 2. The number of rotatable bonds is 3. The summed E-state index contributed by atoms with van der Waals surface area (Å²) in [6.45, 7) is 1.67. The van der Waals surface area contributed by atoms with Gasteiger partial charge in [-0.3, -0.25) is 9.97 Å². The molecule has 1 spiro atoms. The molecule has 0 saturated carbocycles. The van der Waals surface area contributed by atoms with Crippen LogP contribution in [-0.2, 0) is 6.42 Å². The first-order valence-electron chi connectivity index (χ1n) is 10.6. The number of hydrogen-bond acceptors (Lipinski definition) is 10. The van der Waals surface area contributed by atoms with Crippen molar-refractivity contribution in [1.82, 2.24) is 34.5 Å². The summed E-state index contributed by atoms with van der Waals surface area (Å²) < 4.78 is 1.92. The van der Waals surface area contributed by atoms with Gasteiger partial charge in [0.1, 0.15) is 12.1 Å². The fraction of sp³-hybridized carbons (Fsp3) is 0.333. The number of aromatic nitrogens is 7. The number of pyridine rings is 1. The summed E-state index contributed by atoms with van der Waals surface area (Å²) in [5.41, 5.74) is 15.2. The first-order valence-corrected chi connectivity index (χ1v) is 11.8. The van der Waals surface area contributed by atoms with Gasteiger partial charge in [-0.25, -0.2) is 14.4 Å². The van der Waals surface area contributed by atoms with Gasteiger partial charge in [0.15, 0.2) is 5.65 Å². The Kier molecular flexibility index (Phi) is 4.86. The molecule has 1 atom stereocenters. The number of hydrogen-bond donors (Lipinski definition) is 2. The second-order valence-corrected chi connectivity index (χ2v) is 9.91. The molecule has 1 fully saturated rings. The van der Waals surface area contributed by atoms with Gasteiger partial charge in [0.25, 0.3) is 0 Å². The zero-order chi connectivity index (χ0) is 22.6. The first-order chi connectivity index (χ1) is 16.1. The molecule has 4 N–H and O–H groups in total. The highest BCUT2D eigenvalue weighted by molar-refractivity contribution is 7.99. The van der Waals surface area contributed by atoms with Crippen molar-refractivity contribution in [3.8, 4) is 0 Å². The summed E-state index contributed by atoms with van der Waals surface area (Å²) in [5, 5.41) is 8.89. The van der Waals surface area contributed by atoms with Gasteiger partial charge in [-0.05, 0) is 25.3 Å². The molecular weight excluding hydrogens is 460 g/mol. The van der Waals surface area contributed by atoms with Crippen molar-refractivity contribution in [2.24, 2.45) is 11.1 Å². The Morgan fingerprint density at radius 2 is 1.88 bits per heavy atom. The molecule has 4 aromatic rings. The quantitative estimate of drug-likeness (QED) is 0.449. The molecule has 0 bridgehead atoms. The predicted octanol–water partition coefficient (Wildman–Crippen LogP) is 2.54. The van der Waals surface area contributed by atoms with Crippen molar-refractivity contribution in [2.45, 2.75) is 35.1 Å². The Morgan fingerprint density at radius 3 is 2.70 bits per heavy atom. The van der Waals surface area contributed by atoms with Crippen LogP contribution in [0.1, 0.15) is 30.3 Å². The van der Waals surface area contributed by atoms with Crippen LogP contribution < -0.4 is 16.4 Å². The van der Waals surface area contributed by atoms with Crippen molar-refractivity contribution in [3.05, 3.63) is 53.6 Å². The molecule has 6 rings (SSSR count). The summed E-state index contributed by atoms with van der Waals surface area (Å²) in [6.07, 6.45) is 11.4. The summed E-state index contributed by atoms with van der Waals surface area (Å²) in [4.78, 5) is 21.7. The van der Waals surface area contributed by atoms with Crippen molar-refractivity contribution in [2.75, 3.05) is 23.7 Å². The lowest BCUT2D eigenvalue weighted by Gasteiger charge is -2.42. The van der Waals surface area contributed by atoms with Crippen molar-refractivity contribution >= 4 is 40.8 Å². The van der Waals surface area contributed by atoms with E-state index in [4.69, 9.17) is 28.1 Å². The van der Waals surface area contributed by atoms with Gasteiger partial charge in [-0.15, -0.1) is 10.2 Å². The Hall–Kier alpha value is -3.02. The number of piperidine rings is 1. The van der Waals surface area contributed by atoms with E-state index in [-0.39, 0.29) is 11.5 Å². The third-order valence-electron chi connectivity index (χ3n) is 6.70. The Labute approximate surface area is 198 Å². The molecule has 0 amide bonds. The molecule has 0 aromatic carbocycles. The van der Waals surface area contributed by atoms with Crippen LogP contribution in [0.3, 0.4) is 0 Å². The molecule has 2 aliphatic rings. The van der Waals surface area contributed by atoms with E-state index in [9.17, 15) is 0 Å². The minimum absolute atomic E-state index is 0.000305. The Balaban J connectivity index is 1.25. The third-order valence-corrected chi connectivity index (χ3v) is 8.28. The second-order valence-electron chi connectivity index (χ2n) is 8.45. The van der Waals surface area contributed by atoms with Gasteiger partial charge in [-0.1, -0.05) is 23.4 Å². The second kappa shape index (κ2) is 7.79. The molecule has 4 aromatic heterocycles. The average Bonchev–Trinajstić information content (AvgIpc) is 3.42. The highest BCUT2D eigenvalue weighted by atomic mass is 35.5. The fourth-order valence-corrected chi connectivity index (χ4v) is 6.00. The van der Waals surface area contributed by atoms with E-state index in [1.165, 1.54) is 11.8 Å². The standard InChI is InChI=1S/C21H21ClN10S/c22-15-13(1-4-27-18(15)24)33-14-10-28-20(32-11-29-30-19(14)32)31-7-2-21(3-8-31)9-12-16(17(21)23)26-6-5-25-12/h1,4-6,10-11,17H,2-3,7-9,23H2,(H2,24,27)/t17-/m1/s1. The Morgan fingerprint density at radius 1 is 1.06 bits per heavy atom. The fourth-order valence-electron chi connectivity index (χ4n) is 4.88. The summed E-state index contributed by atoms with van der Waals surface area (Å²) in [5.74, 6) is 1.11. The molecule has 33 heavy (non-hydrogen) atoms. The van der Waals surface area contributed by atoms with Crippen LogP contribution in [0.5, 0.6) is 0 Å². The molecule has 1 aliphatic carbocycles. The molecule has 10 nitrogen and oxygen atoms in total. The highest BCUT2D eigenvalue weighted by Gasteiger charge is 2.47. The lowest BCUT2D eigenvalue weighted by molar-refractivity contribution is 0.184.